The standard InChI is InChI=1S/C13H15ClN2O.ClH/c14-11-3-1-10(2-4-11)12-9-13(17-16-12)5-7-15-8-6-13;/h1-4,15H,5-9H2;1H. The first kappa shape index (κ1) is 13.7. The van der Waals surface area contributed by atoms with Crippen LogP contribution < -0.4 is 5.32 Å². The Kier molecular flexibility index (Phi) is 4.15. The fourth-order valence-corrected chi connectivity index (χ4v) is 2.60. The molecule has 0 unspecified atom stereocenters. The number of benzene rings is 1. The zero-order valence-electron chi connectivity index (χ0n) is 9.99. The fraction of sp³-hybridized carbons (Fsp3) is 0.462. The summed E-state index contributed by atoms with van der Waals surface area (Å²) in [7, 11) is 0. The van der Waals surface area contributed by atoms with Gasteiger partial charge in [-0.05, 0) is 30.8 Å². The molecule has 2 aliphatic heterocycles. The van der Waals surface area contributed by atoms with Crippen molar-refractivity contribution >= 4 is 29.7 Å². The van der Waals surface area contributed by atoms with Gasteiger partial charge in [0, 0.05) is 24.3 Å². The van der Waals surface area contributed by atoms with E-state index in [1.807, 2.05) is 24.3 Å². The highest BCUT2D eigenvalue weighted by Gasteiger charge is 2.40. The van der Waals surface area contributed by atoms with Crippen LogP contribution >= 0.6 is 24.0 Å². The number of oxime groups is 1. The van der Waals surface area contributed by atoms with Gasteiger partial charge in [0.05, 0.1) is 5.71 Å². The van der Waals surface area contributed by atoms with E-state index in [1.54, 1.807) is 0 Å². The highest BCUT2D eigenvalue weighted by molar-refractivity contribution is 6.30. The first-order valence-electron chi connectivity index (χ1n) is 5.99. The van der Waals surface area contributed by atoms with Crippen LogP contribution in [0.25, 0.3) is 0 Å². The van der Waals surface area contributed by atoms with E-state index in [9.17, 15) is 0 Å². The molecule has 1 aromatic rings. The van der Waals surface area contributed by atoms with Crippen LogP contribution in [-0.4, -0.2) is 24.4 Å². The highest BCUT2D eigenvalue weighted by Crippen LogP contribution is 2.34. The Morgan fingerprint density at radius 1 is 1.17 bits per heavy atom. The second-order valence-corrected chi connectivity index (χ2v) is 5.18. The third-order valence-corrected chi connectivity index (χ3v) is 3.78. The predicted octanol–water partition coefficient (Wildman–Crippen LogP) is 3.01. The Labute approximate surface area is 118 Å². The van der Waals surface area contributed by atoms with Crippen LogP contribution in [0.4, 0.5) is 0 Å². The van der Waals surface area contributed by atoms with E-state index in [4.69, 9.17) is 16.4 Å². The molecular formula is C13H16Cl2N2O. The van der Waals surface area contributed by atoms with Gasteiger partial charge in [0.1, 0.15) is 5.60 Å². The Morgan fingerprint density at radius 2 is 1.83 bits per heavy atom. The largest absolute Gasteiger partial charge is 0.388 e. The fourth-order valence-electron chi connectivity index (χ4n) is 2.47. The molecule has 18 heavy (non-hydrogen) atoms. The van der Waals surface area contributed by atoms with E-state index in [-0.39, 0.29) is 18.0 Å². The van der Waals surface area contributed by atoms with Gasteiger partial charge in [-0.25, -0.2) is 0 Å². The van der Waals surface area contributed by atoms with Crippen molar-refractivity contribution in [3.63, 3.8) is 0 Å². The van der Waals surface area contributed by atoms with Crippen molar-refractivity contribution < 1.29 is 4.84 Å². The van der Waals surface area contributed by atoms with Gasteiger partial charge < -0.3 is 10.2 Å². The van der Waals surface area contributed by atoms with E-state index in [0.717, 1.165) is 48.6 Å². The van der Waals surface area contributed by atoms with Crippen molar-refractivity contribution in [1.82, 2.24) is 5.32 Å². The number of nitrogens with one attached hydrogen (secondary N) is 1. The van der Waals surface area contributed by atoms with Gasteiger partial charge >= 0.3 is 0 Å². The van der Waals surface area contributed by atoms with E-state index in [1.165, 1.54) is 0 Å². The summed E-state index contributed by atoms with van der Waals surface area (Å²) in [5.41, 5.74) is 2.11. The average Bonchev–Trinajstić information content (AvgIpc) is 2.75. The molecule has 2 aliphatic rings. The van der Waals surface area contributed by atoms with E-state index in [2.05, 4.69) is 10.5 Å². The maximum atomic E-state index is 5.88. The number of nitrogens with zero attached hydrogens (tertiary/aromatic N) is 1. The van der Waals surface area contributed by atoms with Crippen molar-refractivity contribution in [2.24, 2.45) is 5.16 Å². The summed E-state index contributed by atoms with van der Waals surface area (Å²) < 4.78 is 0. The summed E-state index contributed by atoms with van der Waals surface area (Å²) in [4.78, 5) is 5.69. The van der Waals surface area contributed by atoms with Gasteiger partial charge in [0.2, 0.25) is 0 Å². The first-order chi connectivity index (χ1) is 8.27. The molecule has 1 aromatic carbocycles. The molecule has 0 atom stereocenters. The first-order valence-corrected chi connectivity index (χ1v) is 6.37. The Morgan fingerprint density at radius 3 is 2.50 bits per heavy atom. The Balaban J connectivity index is 0.00000120. The lowest BCUT2D eigenvalue weighted by Crippen LogP contribution is -2.42. The molecule has 1 fully saturated rings. The van der Waals surface area contributed by atoms with Crippen LogP contribution in [-0.2, 0) is 4.84 Å². The Bertz CT molecular complexity index is 439. The molecule has 0 radical (unpaired) electrons. The minimum atomic E-state index is -0.0553. The van der Waals surface area contributed by atoms with Crippen molar-refractivity contribution in [3.05, 3.63) is 34.9 Å². The lowest BCUT2D eigenvalue weighted by Gasteiger charge is -2.30. The molecule has 3 nitrogen and oxygen atoms in total. The number of piperidine rings is 1. The molecule has 0 aromatic heterocycles. The molecule has 0 bridgehead atoms. The van der Waals surface area contributed by atoms with Gasteiger partial charge in [-0.3, -0.25) is 0 Å². The number of halogens is 2. The quantitative estimate of drug-likeness (QED) is 0.861. The van der Waals surface area contributed by atoms with Crippen LogP contribution in [0.5, 0.6) is 0 Å². The zero-order chi connectivity index (χ0) is 11.7. The van der Waals surface area contributed by atoms with Gasteiger partial charge in [-0.2, -0.15) is 0 Å². The summed E-state index contributed by atoms with van der Waals surface area (Å²) in [6.45, 7) is 2.03. The molecule has 1 N–H and O–H groups in total. The van der Waals surface area contributed by atoms with Crippen molar-refractivity contribution in [1.29, 1.82) is 0 Å². The summed E-state index contributed by atoms with van der Waals surface area (Å²) in [6.07, 6.45) is 2.98. The second kappa shape index (κ2) is 5.47. The summed E-state index contributed by atoms with van der Waals surface area (Å²) in [5.74, 6) is 0. The number of hydrogen-bond acceptors (Lipinski definition) is 3. The molecule has 3 rings (SSSR count). The topological polar surface area (TPSA) is 33.6 Å². The molecule has 0 amide bonds. The maximum Gasteiger partial charge on any atom is 0.145 e. The summed E-state index contributed by atoms with van der Waals surface area (Å²) >= 11 is 5.88. The normalized spacial score (nSPS) is 21.1. The molecule has 5 heteroatoms. The molecule has 98 valence electrons. The SMILES string of the molecule is Cl.Clc1ccc(C2=NOC3(CCNCC3)C2)cc1. The predicted molar refractivity (Wildman–Crippen MR) is 75.8 cm³/mol. The summed E-state index contributed by atoms with van der Waals surface area (Å²) in [6, 6.07) is 7.80. The third kappa shape index (κ3) is 2.63. The van der Waals surface area contributed by atoms with Crippen molar-refractivity contribution in [2.75, 3.05) is 13.1 Å². The van der Waals surface area contributed by atoms with Crippen LogP contribution in [0.3, 0.4) is 0 Å². The van der Waals surface area contributed by atoms with E-state index >= 15 is 0 Å². The summed E-state index contributed by atoms with van der Waals surface area (Å²) in [5, 5.41) is 8.36. The molecule has 0 saturated carbocycles. The minimum absolute atomic E-state index is 0. The van der Waals surface area contributed by atoms with Crippen LogP contribution in [0, 0.1) is 0 Å². The molecule has 2 heterocycles. The Hall–Kier alpha value is -0.770. The minimum Gasteiger partial charge on any atom is -0.388 e. The number of hydrogen-bond donors (Lipinski definition) is 1. The van der Waals surface area contributed by atoms with Gasteiger partial charge in [0.25, 0.3) is 0 Å². The van der Waals surface area contributed by atoms with Crippen molar-refractivity contribution in [2.45, 2.75) is 24.9 Å². The lowest BCUT2D eigenvalue weighted by atomic mass is 9.86. The zero-order valence-corrected chi connectivity index (χ0v) is 11.6. The number of rotatable bonds is 1. The second-order valence-electron chi connectivity index (χ2n) is 4.75. The lowest BCUT2D eigenvalue weighted by molar-refractivity contribution is -0.0400. The molecular weight excluding hydrogens is 271 g/mol. The van der Waals surface area contributed by atoms with Crippen LogP contribution in [0.1, 0.15) is 24.8 Å². The monoisotopic (exact) mass is 286 g/mol. The third-order valence-electron chi connectivity index (χ3n) is 3.53. The van der Waals surface area contributed by atoms with Gasteiger partial charge in [0.15, 0.2) is 0 Å². The van der Waals surface area contributed by atoms with E-state index in [0.29, 0.717) is 0 Å². The smallest absolute Gasteiger partial charge is 0.145 e. The maximum absolute atomic E-state index is 5.88. The molecule has 1 saturated heterocycles. The van der Waals surface area contributed by atoms with E-state index < -0.39 is 0 Å². The average molecular weight is 287 g/mol. The van der Waals surface area contributed by atoms with Crippen LogP contribution in [0.15, 0.2) is 29.4 Å². The van der Waals surface area contributed by atoms with Crippen molar-refractivity contribution in [3.8, 4) is 0 Å². The van der Waals surface area contributed by atoms with Crippen LogP contribution in [0.2, 0.25) is 5.02 Å². The molecule has 1 spiro atoms. The molecule has 0 aliphatic carbocycles. The van der Waals surface area contributed by atoms with Gasteiger partial charge in [-0.15, -0.1) is 12.4 Å². The highest BCUT2D eigenvalue weighted by atomic mass is 35.5. The van der Waals surface area contributed by atoms with Gasteiger partial charge in [-0.1, -0.05) is 28.9 Å².